The highest BCUT2D eigenvalue weighted by Crippen LogP contribution is 2.26. The third kappa shape index (κ3) is 2.41. The van der Waals surface area contributed by atoms with E-state index in [1.807, 2.05) is 6.07 Å². The summed E-state index contributed by atoms with van der Waals surface area (Å²) in [5, 5.41) is 16.2. The molecule has 7 nitrogen and oxygen atoms in total. The van der Waals surface area contributed by atoms with Crippen molar-refractivity contribution >= 4 is 21.9 Å². The second-order valence-electron chi connectivity index (χ2n) is 4.43. The van der Waals surface area contributed by atoms with E-state index < -0.39 is 5.97 Å². The van der Waals surface area contributed by atoms with Crippen molar-refractivity contribution in [2.45, 2.75) is 12.6 Å². The van der Waals surface area contributed by atoms with E-state index in [1.165, 1.54) is 6.20 Å². The summed E-state index contributed by atoms with van der Waals surface area (Å²) in [5.74, 6) is -0.162. The van der Waals surface area contributed by atoms with Crippen LogP contribution >= 0.6 is 15.9 Å². The zero-order chi connectivity index (χ0) is 13.4. The maximum absolute atomic E-state index is 10.7. The van der Waals surface area contributed by atoms with E-state index in [0.29, 0.717) is 0 Å². The Labute approximate surface area is 116 Å². The van der Waals surface area contributed by atoms with Crippen LogP contribution in [0, 0.1) is 0 Å². The van der Waals surface area contributed by atoms with E-state index in [4.69, 9.17) is 9.52 Å². The Morgan fingerprint density at radius 3 is 2.95 bits per heavy atom. The van der Waals surface area contributed by atoms with Gasteiger partial charge in [-0.05, 0) is 22.0 Å². The lowest BCUT2D eigenvalue weighted by Gasteiger charge is -2.38. The molecular formula is C11H11BrN4O3. The second-order valence-corrected chi connectivity index (χ2v) is 5.28. The van der Waals surface area contributed by atoms with Crippen LogP contribution in [0.5, 0.6) is 0 Å². The lowest BCUT2D eigenvalue weighted by molar-refractivity contribution is 0.0689. The van der Waals surface area contributed by atoms with Crippen LogP contribution in [-0.2, 0) is 6.54 Å². The molecule has 8 heteroatoms. The molecule has 1 N–H and O–H groups in total. The van der Waals surface area contributed by atoms with Gasteiger partial charge >= 0.3 is 5.97 Å². The summed E-state index contributed by atoms with van der Waals surface area (Å²) in [4.78, 5) is 12.9. The van der Waals surface area contributed by atoms with E-state index in [9.17, 15) is 4.79 Å². The third-order valence-electron chi connectivity index (χ3n) is 3.10. The number of carbonyl (C=O) groups is 1. The Balaban J connectivity index is 1.57. The molecule has 19 heavy (non-hydrogen) atoms. The van der Waals surface area contributed by atoms with Crippen molar-refractivity contribution in [3.05, 3.63) is 34.5 Å². The highest BCUT2D eigenvalue weighted by atomic mass is 79.9. The van der Waals surface area contributed by atoms with Crippen LogP contribution in [0.3, 0.4) is 0 Å². The van der Waals surface area contributed by atoms with Gasteiger partial charge in [0.15, 0.2) is 5.69 Å². The smallest absolute Gasteiger partial charge is 0.358 e. The Hall–Kier alpha value is -1.67. The summed E-state index contributed by atoms with van der Waals surface area (Å²) >= 11 is 3.41. The van der Waals surface area contributed by atoms with Crippen LogP contribution < -0.4 is 0 Å². The standard InChI is InChI=1S/C11H11BrN4O3/c12-8-1-2-19-10(8)6-15-3-7(4-15)16-5-9(11(17)18)13-14-16/h1-2,5,7H,3-4,6H2,(H,17,18). The van der Waals surface area contributed by atoms with Crippen molar-refractivity contribution in [3.63, 3.8) is 0 Å². The Morgan fingerprint density at radius 2 is 2.37 bits per heavy atom. The quantitative estimate of drug-likeness (QED) is 0.913. The van der Waals surface area contributed by atoms with Crippen molar-refractivity contribution in [3.8, 4) is 0 Å². The van der Waals surface area contributed by atoms with E-state index in [-0.39, 0.29) is 11.7 Å². The minimum atomic E-state index is -1.05. The molecule has 1 aliphatic heterocycles. The predicted octanol–water partition coefficient (Wildman–Crippen LogP) is 1.39. The van der Waals surface area contributed by atoms with Gasteiger partial charge in [0.1, 0.15) is 5.76 Å². The molecule has 100 valence electrons. The number of carboxylic acid groups (broad SMARTS) is 1. The van der Waals surface area contributed by atoms with Gasteiger partial charge in [-0.3, -0.25) is 4.90 Å². The maximum atomic E-state index is 10.7. The molecule has 0 aliphatic carbocycles. The third-order valence-corrected chi connectivity index (χ3v) is 3.81. The molecule has 0 saturated carbocycles. The molecule has 3 heterocycles. The average molecular weight is 327 g/mol. The van der Waals surface area contributed by atoms with Gasteiger partial charge in [0.05, 0.1) is 29.5 Å². The molecule has 0 amide bonds. The Kier molecular flexibility index (Phi) is 3.11. The molecule has 1 fully saturated rings. The molecule has 1 saturated heterocycles. The van der Waals surface area contributed by atoms with E-state index in [1.54, 1.807) is 10.9 Å². The first kappa shape index (κ1) is 12.4. The number of rotatable bonds is 4. The van der Waals surface area contributed by atoms with E-state index in [0.717, 1.165) is 29.9 Å². The van der Waals surface area contributed by atoms with Crippen molar-refractivity contribution < 1.29 is 14.3 Å². The van der Waals surface area contributed by atoms with Crippen LogP contribution in [0.15, 0.2) is 27.4 Å². The number of furan rings is 1. The fraction of sp³-hybridized carbons (Fsp3) is 0.364. The van der Waals surface area contributed by atoms with Gasteiger partial charge in [-0.1, -0.05) is 5.21 Å². The first-order chi connectivity index (χ1) is 9.13. The molecule has 2 aromatic heterocycles. The first-order valence-corrected chi connectivity index (χ1v) is 6.52. The molecule has 0 atom stereocenters. The van der Waals surface area contributed by atoms with Crippen LogP contribution in [0.1, 0.15) is 22.3 Å². The summed E-state index contributed by atoms with van der Waals surface area (Å²) in [6.07, 6.45) is 3.11. The number of hydrogen-bond acceptors (Lipinski definition) is 5. The van der Waals surface area contributed by atoms with E-state index in [2.05, 4.69) is 31.1 Å². The van der Waals surface area contributed by atoms with Gasteiger partial charge < -0.3 is 9.52 Å². The van der Waals surface area contributed by atoms with Crippen LogP contribution in [0.25, 0.3) is 0 Å². The number of aromatic carboxylic acids is 1. The van der Waals surface area contributed by atoms with Crippen molar-refractivity contribution in [1.82, 2.24) is 19.9 Å². The van der Waals surface area contributed by atoms with Crippen LogP contribution in [0.2, 0.25) is 0 Å². The average Bonchev–Trinajstić information content (AvgIpc) is 2.92. The zero-order valence-electron chi connectivity index (χ0n) is 9.86. The second kappa shape index (κ2) is 4.78. The van der Waals surface area contributed by atoms with Gasteiger partial charge in [-0.15, -0.1) is 5.10 Å². The molecule has 2 aromatic rings. The topological polar surface area (TPSA) is 84.4 Å². The van der Waals surface area contributed by atoms with Crippen molar-refractivity contribution in [2.75, 3.05) is 13.1 Å². The SMILES string of the molecule is O=C(O)c1cn(C2CN(Cc3occc3Br)C2)nn1. The van der Waals surface area contributed by atoms with Gasteiger partial charge in [-0.25, -0.2) is 9.48 Å². The number of halogens is 1. The highest BCUT2D eigenvalue weighted by molar-refractivity contribution is 9.10. The summed E-state index contributed by atoms with van der Waals surface area (Å²) in [5.41, 5.74) is -0.0211. The monoisotopic (exact) mass is 326 g/mol. The molecule has 3 rings (SSSR count). The first-order valence-electron chi connectivity index (χ1n) is 5.73. The molecule has 0 spiro atoms. The molecule has 1 aliphatic rings. The van der Waals surface area contributed by atoms with Crippen LogP contribution in [-0.4, -0.2) is 44.1 Å². The predicted molar refractivity (Wildman–Crippen MR) is 67.7 cm³/mol. The van der Waals surface area contributed by atoms with Gasteiger partial charge in [-0.2, -0.15) is 0 Å². The normalized spacial score (nSPS) is 16.5. The minimum absolute atomic E-state index is 0.0211. The molecule has 0 radical (unpaired) electrons. The number of hydrogen-bond donors (Lipinski definition) is 1. The van der Waals surface area contributed by atoms with Crippen molar-refractivity contribution in [1.29, 1.82) is 0 Å². The van der Waals surface area contributed by atoms with Gasteiger partial charge in [0.2, 0.25) is 0 Å². The fourth-order valence-electron chi connectivity index (χ4n) is 2.03. The zero-order valence-corrected chi connectivity index (χ0v) is 11.4. The van der Waals surface area contributed by atoms with Crippen LogP contribution in [0.4, 0.5) is 0 Å². The number of likely N-dealkylation sites (tertiary alicyclic amines) is 1. The summed E-state index contributed by atoms with van der Waals surface area (Å²) < 4.78 is 7.92. The Morgan fingerprint density at radius 1 is 1.58 bits per heavy atom. The number of aromatic nitrogens is 3. The molecule has 0 bridgehead atoms. The summed E-state index contributed by atoms with van der Waals surface area (Å²) in [6.45, 7) is 2.33. The van der Waals surface area contributed by atoms with E-state index >= 15 is 0 Å². The lowest BCUT2D eigenvalue weighted by atomic mass is 10.1. The Bertz CT molecular complexity index is 603. The molecular weight excluding hydrogens is 316 g/mol. The van der Waals surface area contributed by atoms with Gasteiger partial charge in [0.25, 0.3) is 0 Å². The largest absolute Gasteiger partial charge is 0.476 e. The maximum Gasteiger partial charge on any atom is 0.358 e. The van der Waals surface area contributed by atoms with Crippen molar-refractivity contribution in [2.24, 2.45) is 0 Å². The minimum Gasteiger partial charge on any atom is -0.476 e. The summed E-state index contributed by atoms with van der Waals surface area (Å²) in [6, 6.07) is 2.04. The summed E-state index contributed by atoms with van der Waals surface area (Å²) in [7, 11) is 0. The molecule has 0 aromatic carbocycles. The molecule has 0 unspecified atom stereocenters. The number of nitrogens with zero attached hydrogens (tertiary/aromatic N) is 4. The lowest BCUT2D eigenvalue weighted by Crippen LogP contribution is -2.47. The highest BCUT2D eigenvalue weighted by Gasteiger charge is 2.30. The number of carboxylic acids is 1. The van der Waals surface area contributed by atoms with Gasteiger partial charge in [0, 0.05) is 13.1 Å². The fourth-order valence-corrected chi connectivity index (χ4v) is 2.36.